The maximum atomic E-state index is 13.0. The highest BCUT2D eigenvalue weighted by Crippen LogP contribution is 2.64. The second-order valence-electron chi connectivity index (χ2n) is 8.52. The van der Waals surface area contributed by atoms with Crippen LogP contribution in [0.15, 0.2) is 12.7 Å². The van der Waals surface area contributed by atoms with Crippen LogP contribution in [0, 0.1) is 11.3 Å². The Kier molecular flexibility index (Phi) is 3.96. The summed E-state index contributed by atoms with van der Waals surface area (Å²) in [7, 11) is 0. The van der Waals surface area contributed by atoms with Crippen LogP contribution in [0.5, 0.6) is 0 Å². The maximum absolute atomic E-state index is 13.0. The summed E-state index contributed by atoms with van der Waals surface area (Å²) in [5.74, 6) is -0.635. The summed E-state index contributed by atoms with van der Waals surface area (Å²) in [6.45, 7) is 4.07. The lowest BCUT2D eigenvalue weighted by Crippen LogP contribution is -2.66. The largest absolute Gasteiger partial charge is 0.456 e. The quantitative estimate of drug-likeness (QED) is 0.618. The van der Waals surface area contributed by atoms with Gasteiger partial charge in [0.05, 0.1) is 17.6 Å². The van der Waals surface area contributed by atoms with Crippen molar-refractivity contribution in [3.63, 3.8) is 0 Å². The molecule has 1 N–H and O–H groups in total. The van der Waals surface area contributed by atoms with Gasteiger partial charge < -0.3 is 19.3 Å². The smallest absolute Gasteiger partial charge is 0.330 e. The van der Waals surface area contributed by atoms with E-state index in [1.807, 2.05) is 0 Å². The standard InChI is InChI=1S/C19H26O6/c1-2-14(20)25-19-9-13-7-17(11-19,10-18(22,8-13)12-19)16(21)24-15-5-3-4-6-23-15/h2,13,15,22H,1,3-12H2. The first-order chi connectivity index (χ1) is 11.9. The molecule has 5 unspecified atom stereocenters. The van der Waals surface area contributed by atoms with E-state index in [2.05, 4.69) is 6.58 Å². The second-order valence-corrected chi connectivity index (χ2v) is 8.52. The topological polar surface area (TPSA) is 82.1 Å². The van der Waals surface area contributed by atoms with Crippen molar-refractivity contribution in [2.24, 2.45) is 11.3 Å². The molecule has 1 heterocycles. The van der Waals surface area contributed by atoms with Crippen molar-refractivity contribution in [3.05, 3.63) is 12.7 Å². The molecule has 5 aliphatic rings. The highest BCUT2D eigenvalue weighted by atomic mass is 16.7. The fourth-order valence-electron chi connectivity index (χ4n) is 5.94. The van der Waals surface area contributed by atoms with Crippen LogP contribution >= 0.6 is 0 Å². The van der Waals surface area contributed by atoms with Gasteiger partial charge in [0.1, 0.15) is 5.60 Å². The molecule has 0 aromatic heterocycles. The van der Waals surface area contributed by atoms with Gasteiger partial charge in [-0.15, -0.1) is 0 Å². The molecule has 4 aliphatic carbocycles. The third-order valence-electron chi connectivity index (χ3n) is 6.28. The maximum Gasteiger partial charge on any atom is 0.330 e. The van der Waals surface area contributed by atoms with Gasteiger partial charge in [0.2, 0.25) is 6.29 Å². The molecule has 5 rings (SSSR count). The summed E-state index contributed by atoms with van der Waals surface area (Å²) in [5, 5.41) is 11.0. The average Bonchev–Trinajstić information content (AvgIpc) is 2.53. The Bertz CT molecular complexity index is 597. The molecule has 6 nitrogen and oxygen atoms in total. The predicted octanol–water partition coefficient (Wildman–Crippen LogP) is 2.24. The van der Waals surface area contributed by atoms with E-state index in [9.17, 15) is 14.7 Å². The van der Waals surface area contributed by atoms with E-state index < -0.39 is 28.9 Å². The van der Waals surface area contributed by atoms with Crippen molar-refractivity contribution >= 4 is 11.9 Å². The molecule has 4 saturated carbocycles. The molecule has 138 valence electrons. The van der Waals surface area contributed by atoms with E-state index in [0.29, 0.717) is 51.6 Å². The van der Waals surface area contributed by atoms with Crippen molar-refractivity contribution < 1.29 is 28.9 Å². The van der Waals surface area contributed by atoms with Crippen LogP contribution in [0.1, 0.15) is 57.8 Å². The minimum absolute atomic E-state index is 0.165. The van der Waals surface area contributed by atoms with Gasteiger partial charge in [-0.05, 0) is 44.4 Å². The van der Waals surface area contributed by atoms with Gasteiger partial charge in [0, 0.05) is 25.3 Å². The van der Waals surface area contributed by atoms with Crippen LogP contribution in [-0.2, 0) is 23.8 Å². The van der Waals surface area contributed by atoms with E-state index >= 15 is 0 Å². The number of carbonyl (C=O) groups excluding carboxylic acids is 2. The van der Waals surface area contributed by atoms with Crippen molar-refractivity contribution in [3.8, 4) is 0 Å². The number of hydrogen-bond donors (Lipinski definition) is 1. The SMILES string of the molecule is C=CC(=O)OC12CC3CC(O)(C1)CC(C(=O)OC1CCCCO1)(C3)C2. The molecule has 1 aliphatic heterocycles. The van der Waals surface area contributed by atoms with E-state index in [1.54, 1.807) is 0 Å². The van der Waals surface area contributed by atoms with Gasteiger partial charge in [-0.1, -0.05) is 6.58 Å². The molecule has 0 radical (unpaired) electrons. The summed E-state index contributed by atoms with van der Waals surface area (Å²) in [6, 6.07) is 0. The Morgan fingerprint density at radius 2 is 2.00 bits per heavy atom. The third-order valence-corrected chi connectivity index (χ3v) is 6.28. The Balaban J connectivity index is 1.57. The number of esters is 2. The third kappa shape index (κ3) is 2.99. The highest BCUT2D eigenvalue weighted by molar-refractivity contribution is 5.82. The van der Waals surface area contributed by atoms with E-state index in [0.717, 1.165) is 18.9 Å². The monoisotopic (exact) mass is 350 g/mol. The lowest BCUT2D eigenvalue weighted by molar-refractivity contribution is -0.254. The summed E-state index contributed by atoms with van der Waals surface area (Å²) >= 11 is 0. The van der Waals surface area contributed by atoms with Gasteiger partial charge in [-0.2, -0.15) is 0 Å². The van der Waals surface area contributed by atoms with Crippen LogP contribution in [0.25, 0.3) is 0 Å². The van der Waals surface area contributed by atoms with Gasteiger partial charge in [0.25, 0.3) is 0 Å². The Morgan fingerprint density at radius 3 is 2.68 bits per heavy atom. The van der Waals surface area contributed by atoms with Crippen molar-refractivity contribution in [2.45, 2.75) is 75.3 Å². The first-order valence-corrected chi connectivity index (χ1v) is 9.27. The van der Waals surface area contributed by atoms with Crippen LogP contribution < -0.4 is 0 Å². The zero-order valence-corrected chi connectivity index (χ0v) is 14.5. The average molecular weight is 350 g/mol. The van der Waals surface area contributed by atoms with Crippen LogP contribution in [0.4, 0.5) is 0 Å². The Labute approximate surface area is 147 Å². The molecule has 4 bridgehead atoms. The van der Waals surface area contributed by atoms with Crippen molar-refractivity contribution in [1.82, 2.24) is 0 Å². The molecule has 5 atom stereocenters. The Hall–Kier alpha value is -1.40. The molecule has 0 amide bonds. The summed E-state index contributed by atoms with van der Waals surface area (Å²) < 4.78 is 16.9. The zero-order chi connectivity index (χ0) is 17.7. The number of aliphatic hydroxyl groups is 1. The lowest BCUT2D eigenvalue weighted by Gasteiger charge is -2.62. The van der Waals surface area contributed by atoms with Crippen molar-refractivity contribution in [2.75, 3.05) is 6.61 Å². The molecule has 25 heavy (non-hydrogen) atoms. The molecular weight excluding hydrogens is 324 g/mol. The number of ether oxygens (including phenoxy) is 3. The van der Waals surface area contributed by atoms with Gasteiger partial charge in [-0.3, -0.25) is 4.79 Å². The number of carbonyl (C=O) groups is 2. The Morgan fingerprint density at radius 1 is 1.16 bits per heavy atom. The van der Waals surface area contributed by atoms with Gasteiger partial charge >= 0.3 is 11.9 Å². The summed E-state index contributed by atoms with van der Waals surface area (Å²) in [5.41, 5.74) is -2.53. The number of hydrogen-bond acceptors (Lipinski definition) is 6. The van der Waals surface area contributed by atoms with Crippen LogP contribution in [-0.4, -0.2) is 41.1 Å². The predicted molar refractivity (Wildman–Crippen MR) is 87.3 cm³/mol. The molecule has 0 aromatic rings. The fourth-order valence-corrected chi connectivity index (χ4v) is 5.94. The first-order valence-electron chi connectivity index (χ1n) is 9.27. The molecular formula is C19H26O6. The summed E-state index contributed by atoms with van der Waals surface area (Å²) in [6.07, 6.45) is 6.59. The number of rotatable bonds is 4. The molecule has 5 fully saturated rings. The molecule has 1 saturated heterocycles. The summed E-state index contributed by atoms with van der Waals surface area (Å²) in [4.78, 5) is 24.9. The minimum Gasteiger partial charge on any atom is -0.456 e. The first kappa shape index (κ1) is 17.0. The molecule has 0 aromatic carbocycles. The second kappa shape index (κ2) is 5.81. The van der Waals surface area contributed by atoms with E-state index in [1.165, 1.54) is 0 Å². The van der Waals surface area contributed by atoms with Crippen molar-refractivity contribution in [1.29, 1.82) is 0 Å². The van der Waals surface area contributed by atoms with E-state index in [-0.39, 0.29) is 11.9 Å². The van der Waals surface area contributed by atoms with Gasteiger partial charge in [0.15, 0.2) is 0 Å². The minimum atomic E-state index is -0.965. The van der Waals surface area contributed by atoms with Crippen LogP contribution in [0.2, 0.25) is 0 Å². The van der Waals surface area contributed by atoms with E-state index in [4.69, 9.17) is 14.2 Å². The lowest BCUT2D eigenvalue weighted by atomic mass is 9.46. The fraction of sp³-hybridized carbons (Fsp3) is 0.789. The highest BCUT2D eigenvalue weighted by Gasteiger charge is 2.67. The van der Waals surface area contributed by atoms with Crippen LogP contribution in [0.3, 0.4) is 0 Å². The molecule has 0 spiro atoms. The molecule has 6 heteroatoms. The normalized spacial score (nSPS) is 45.0. The zero-order valence-electron chi connectivity index (χ0n) is 14.5. The van der Waals surface area contributed by atoms with Gasteiger partial charge in [-0.25, -0.2) is 4.79 Å².